The zero-order chi connectivity index (χ0) is 11.8. The van der Waals surface area contributed by atoms with Crippen LogP contribution in [0, 0.1) is 5.41 Å². The predicted molar refractivity (Wildman–Crippen MR) is 64.5 cm³/mol. The Morgan fingerprint density at radius 1 is 1.31 bits per heavy atom. The highest BCUT2D eigenvalue weighted by Crippen LogP contribution is 2.41. The van der Waals surface area contributed by atoms with Crippen LogP contribution in [-0.2, 0) is 6.42 Å². The van der Waals surface area contributed by atoms with Crippen LogP contribution in [0.4, 0.5) is 0 Å². The first-order chi connectivity index (χ1) is 7.52. The maximum absolute atomic E-state index is 9.96. The lowest BCUT2D eigenvalue weighted by Crippen LogP contribution is -2.37. The highest BCUT2D eigenvalue weighted by Gasteiger charge is 2.45. The Balaban J connectivity index is 2.20. The Bertz CT molecular complexity index is 368. The molecule has 0 unspecified atom stereocenters. The van der Waals surface area contributed by atoms with E-state index < -0.39 is 17.6 Å². The van der Waals surface area contributed by atoms with E-state index in [1.165, 1.54) is 0 Å². The summed E-state index contributed by atoms with van der Waals surface area (Å²) in [5, 5.41) is 20.6. The van der Waals surface area contributed by atoms with Crippen LogP contribution in [0.3, 0.4) is 0 Å². The monoisotopic (exact) mass is 240 g/mol. The number of hydrogen-bond acceptors (Lipinski definition) is 2. The maximum Gasteiger partial charge on any atom is 0.0622 e. The highest BCUT2D eigenvalue weighted by atomic mass is 35.5. The van der Waals surface area contributed by atoms with Crippen LogP contribution in [0.1, 0.15) is 25.3 Å². The van der Waals surface area contributed by atoms with Gasteiger partial charge in [0.1, 0.15) is 0 Å². The van der Waals surface area contributed by atoms with Crippen molar-refractivity contribution in [3.8, 4) is 0 Å². The van der Waals surface area contributed by atoms with Crippen molar-refractivity contribution in [3.63, 3.8) is 0 Å². The molecule has 2 atom stereocenters. The molecule has 0 saturated heterocycles. The molecular formula is C13H17ClO2. The van der Waals surface area contributed by atoms with E-state index in [2.05, 4.69) is 0 Å². The van der Waals surface area contributed by atoms with Crippen molar-refractivity contribution in [1.82, 2.24) is 0 Å². The minimum atomic E-state index is -0.440. The van der Waals surface area contributed by atoms with Crippen molar-refractivity contribution < 1.29 is 10.2 Å². The summed E-state index contributed by atoms with van der Waals surface area (Å²) in [7, 11) is 0. The van der Waals surface area contributed by atoms with Gasteiger partial charge in [-0.15, -0.1) is 0 Å². The number of aliphatic hydroxyl groups excluding tert-OH is 2. The summed E-state index contributed by atoms with van der Waals surface area (Å²) in [4.78, 5) is 0. The van der Waals surface area contributed by atoms with Gasteiger partial charge in [0, 0.05) is 10.4 Å². The van der Waals surface area contributed by atoms with Gasteiger partial charge in [-0.25, -0.2) is 0 Å². The lowest BCUT2D eigenvalue weighted by molar-refractivity contribution is -0.0102. The molecule has 2 nitrogen and oxygen atoms in total. The standard InChI is InChI=1S/C13H17ClO2/c1-13(11(15)5-6-12(13)16)8-9-3-2-4-10(14)7-9/h2-4,7,11-12,15-16H,5-6,8H2,1H3/t11-,12-/m0/s1. The van der Waals surface area contributed by atoms with E-state index in [1.807, 2.05) is 31.2 Å². The topological polar surface area (TPSA) is 40.5 Å². The van der Waals surface area contributed by atoms with Gasteiger partial charge in [-0.2, -0.15) is 0 Å². The fraction of sp³-hybridized carbons (Fsp3) is 0.538. The lowest BCUT2D eigenvalue weighted by Gasteiger charge is -2.31. The Hall–Kier alpha value is -0.570. The van der Waals surface area contributed by atoms with Gasteiger partial charge >= 0.3 is 0 Å². The van der Waals surface area contributed by atoms with Crippen molar-refractivity contribution in [1.29, 1.82) is 0 Å². The molecule has 0 heterocycles. The average molecular weight is 241 g/mol. The molecule has 0 aromatic heterocycles. The molecule has 1 aliphatic rings. The average Bonchev–Trinajstić information content (AvgIpc) is 2.46. The Kier molecular flexibility index (Phi) is 3.24. The van der Waals surface area contributed by atoms with Crippen molar-refractivity contribution >= 4 is 11.6 Å². The van der Waals surface area contributed by atoms with Gasteiger partial charge in [0.2, 0.25) is 0 Å². The summed E-state index contributed by atoms with van der Waals surface area (Å²) >= 11 is 5.92. The Morgan fingerprint density at radius 2 is 1.94 bits per heavy atom. The van der Waals surface area contributed by atoms with Gasteiger partial charge in [-0.1, -0.05) is 30.7 Å². The molecule has 2 N–H and O–H groups in total. The SMILES string of the molecule is CC1(Cc2cccc(Cl)c2)[C@@H](O)CC[C@@H]1O. The molecule has 0 bridgehead atoms. The number of halogens is 1. The van der Waals surface area contributed by atoms with Crippen molar-refractivity contribution in [2.24, 2.45) is 5.41 Å². The molecule has 0 amide bonds. The number of benzene rings is 1. The van der Waals surface area contributed by atoms with Gasteiger partial charge in [-0.3, -0.25) is 0 Å². The summed E-state index contributed by atoms with van der Waals surface area (Å²) in [6.45, 7) is 1.94. The highest BCUT2D eigenvalue weighted by molar-refractivity contribution is 6.30. The van der Waals surface area contributed by atoms with E-state index in [1.54, 1.807) is 0 Å². The van der Waals surface area contributed by atoms with Crippen LogP contribution in [0.5, 0.6) is 0 Å². The number of aliphatic hydroxyl groups is 2. The number of rotatable bonds is 2. The normalized spacial score (nSPS) is 28.2. The van der Waals surface area contributed by atoms with Crippen molar-refractivity contribution in [3.05, 3.63) is 34.9 Å². The zero-order valence-electron chi connectivity index (χ0n) is 9.36. The van der Waals surface area contributed by atoms with E-state index >= 15 is 0 Å². The fourth-order valence-electron chi connectivity index (χ4n) is 2.52. The summed E-state index contributed by atoms with van der Waals surface area (Å²) in [5.41, 5.74) is 0.625. The molecule has 16 heavy (non-hydrogen) atoms. The van der Waals surface area contributed by atoms with Gasteiger partial charge < -0.3 is 10.2 Å². The summed E-state index contributed by atoms with van der Waals surface area (Å²) in [5.74, 6) is 0. The van der Waals surface area contributed by atoms with E-state index in [0.717, 1.165) is 5.56 Å². The third kappa shape index (κ3) is 2.10. The molecule has 2 rings (SSSR count). The van der Waals surface area contributed by atoms with Crippen LogP contribution in [0.2, 0.25) is 5.02 Å². The largest absolute Gasteiger partial charge is 0.392 e. The van der Waals surface area contributed by atoms with Gasteiger partial charge in [0.15, 0.2) is 0 Å². The second kappa shape index (κ2) is 4.36. The van der Waals surface area contributed by atoms with E-state index in [4.69, 9.17) is 11.6 Å². The lowest BCUT2D eigenvalue weighted by atomic mass is 9.78. The molecule has 1 fully saturated rings. The summed E-state index contributed by atoms with van der Waals surface area (Å²) in [6.07, 6.45) is 1.16. The van der Waals surface area contributed by atoms with Gasteiger partial charge in [0.25, 0.3) is 0 Å². The third-order valence-electron chi connectivity index (χ3n) is 3.71. The molecule has 1 aliphatic carbocycles. The van der Waals surface area contributed by atoms with Crippen LogP contribution >= 0.6 is 11.6 Å². The smallest absolute Gasteiger partial charge is 0.0622 e. The minimum Gasteiger partial charge on any atom is -0.392 e. The Morgan fingerprint density at radius 3 is 2.50 bits per heavy atom. The van der Waals surface area contributed by atoms with Crippen LogP contribution in [0.15, 0.2) is 24.3 Å². The second-order valence-corrected chi connectivity index (χ2v) is 5.36. The molecule has 0 radical (unpaired) electrons. The first-order valence-corrected chi connectivity index (χ1v) is 6.01. The maximum atomic E-state index is 9.96. The van der Waals surface area contributed by atoms with Crippen molar-refractivity contribution in [2.75, 3.05) is 0 Å². The molecular weight excluding hydrogens is 224 g/mol. The summed E-state index contributed by atoms with van der Waals surface area (Å²) < 4.78 is 0. The molecule has 1 saturated carbocycles. The summed E-state index contributed by atoms with van der Waals surface area (Å²) in [6, 6.07) is 7.60. The molecule has 3 heteroatoms. The van der Waals surface area contributed by atoms with Crippen LogP contribution < -0.4 is 0 Å². The van der Waals surface area contributed by atoms with Gasteiger partial charge in [-0.05, 0) is 37.0 Å². The van der Waals surface area contributed by atoms with E-state index in [0.29, 0.717) is 24.3 Å². The first kappa shape index (κ1) is 11.9. The molecule has 1 aromatic rings. The predicted octanol–water partition coefficient (Wildman–Crippen LogP) is 2.40. The Labute approximate surface area is 101 Å². The second-order valence-electron chi connectivity index (χ2n) is 4.92. The van der Waals surface area contributed by atoms with E-state index in [-0.39, 0.29) is 0 Å². The zero-order valence-corrected chi connectivity index (χ0v) is 10.1. The minimum absolute atomic E-state index is 0.429. The molecule has 0 aliphatic heterocycles. The quantitative estimate of drug-likeness (QED) is 0.834. The molecule has 0 spiro atoms. The van der Waals surface area contributed by atoms with Gasteiger partial charge in [0.05, 0.1) is 12.2 Å². The van der Waals surface area contributed by atoms with Crippen LogP contribution in [0.25, 0.3) is 0 Å². The third-order valence-corrected chi connectivity index (χ3v) is 3.95. The van der Waals surface area contributed by atoms with Crippen LogP contribution in [-0.4, -0.2) is 22.4 Å². The van der Waals surface area contributed by atoms with Crippen molar-refractivity contribution in [2.45, 2.75) is 38.4 Å². The fourth-order valence-corrected chi connectivity index (χ4v) is 2.73. The molecule has 1 aromatic carbocycles. The van der Waals surface area contributed by atoms with E-state index in [9.17, 15) is 10.2 Å². The molecule has 88 valence electrons. The number of hydrogen-bond donors (Lipinski definition) is 2. The first-order valence-electron chi connectivity index (χ1n) is 5.63.